The highest BCUT2D eigenvalue weighted by atomic mass is 19.2. The molecule has 0 aliphatic rings. The van der Waals surface area contributed by atoms with Crippen molar-refractivity contribution in [2.45, 2.75) is 124 Å². The second-order valence-electron chi connectivity index (χ2n) is 10.5. The predicted molar refractivity (Wildman–Crippen MR) is 134 cm³/mol. The van der Waals surface area contributed by atoms with Gasteiger partial charge in [0.25, 0.3) is 6.47 Å². The van der Waals surface area contributed by atoms with Gasteiger partial charge in [-0.15, -0.1) is 0 Å². The van der Waals surface area contributed by atoms with Crippen LogP contribution in [0.1, 0.15) is 124 Å². The Labute approximate surface area is 218 Å². The zero-order valence-electron chi connectivity index (χ0n) is 22.5. The molecule has 0 heterocycles. The summed E-state index contributed by atoms with van der Waals surface area (Å²) in [5.41, 5.74) is 0.447. The Kier molecular flexibility index (Phi) is 18.7. The van der Waals surface area contributed by atoms with Crippen LogP contribution in [-0.2, 0) is 9.59 Å². The maximum atomic E-state index is 13.5. The summed E-state index contributed by atoms with van der Waals surface area (Å²) < 4.78 is 70.7. The van der Waals surface area contributed by atoms with Crippen LogP contribution in [0.4, 0.5) is 22.0 Å². The van der Waals surface area contributed by atoms with Crippen molar-refractivity contribution in [2.75, 3.05) is 0 Å². The number of rotatable bonds is 17. The summed E-state index contributed by atoms with van der Waals surface area (Å²) >= 11 is 0. The monoisotopic (exact) mass is 538 g/mol. The molecule has 0 saturated carbocycles. The summed E-state index contributed by atoms with van der Waals surface area (Å²) in [6.45, 7) is 6.63. The molecule has 0 unspecified atom stereocenters. The maximum absolute atomic E-state index is 13.5. The Bertz CT molecular complexity index is 765. The average Bonchev–Trinajstić information content (AvgIpc) is 2.83. The fourth-order valence-electron chi connectivity index (χ4n) is 3.89. The molecule has 0 spiro atoms. The summed E-state index contributed by atoms with van der Waals surface area (Å²) in [6.07, 6.45) is 17.1. The first-order valence-corrected chi connectivity index (χ1v) is 13.3. The van der Waals surface area contributed by atoms with Gasteiger partial charge in [-0.25, -0.2) is 13.2 Å². The van der Waals surface area contributed by atoms with E-state index in [0.717, 1.165) is 25.7 Å². The van der Waals surface area contributed by atoms with Crippen LogP contribution in [0.25, 0.3) is 0 Å². The number of benzene rings is 1. The van der Waals surface area contributed by atoms with Crippen molar-refractivity contribution >= 4 is 12.4 Å². The Morgan fingerprint density at radius 1 is 0.649 bits per heavy atom. The molecule has 0 radical (unpaired) electrons. The molecule has 0 aliphatic heterocycles. The maximum Gasteiger partial charge on any atom is 0.311 e. The van der Waals surface area contributed by atoms with Crippen molar-refractivity contribution in [3.63, 3.8) is 0 Å². The Hall–Kier alpha value is -2.19. The second kappa shape index (κ2) is 19.9. The van der Waals surface area contributed by atoms with Crippen LogP contribution in [-0.4, -0.2) is 17.5 Å². The number of esters is 1. The normalized spacial score (nSPS) is 11.1. The van der Waals surface area contributed by atoms with Crippen LogP contribution >= 0.6 is 0 Å². The van der Waals surface area contributed by atoms with E-state index in [2.05, 4.69) is 25.5 Å². The van der Waals surface area contributed by atoms with E-state index in [-0.39, 0.29) is 12.9 Å². The molecule has 0 saturated heterocycles. The van der Waals surface area contributed by atoms with E-state index in [4.69, 9.17) is 9.90 Å². The minimum absolute atomic E-state index is 0.143. The molecule has 0 fully saturated rings. The van der Waals surface area contributed by atoms with E-state index in [1.165, 1.54) is 64.2 Å². The van der Waals surface area contributed by atoms with Gasteiger partial charge in [0.2, 0.25) is 34.8 Å². The average molecular weight is 539 g/mol. The number of carbonyl (C=O) groups excluding carboxylic acids is 1. The topological polar surface area (TPSA) is 63.6 Å². The lowest BCUT2D eigenvalue weighted by Crippen LogP contribution is -2.13. The Balaban J connectivity index is 0.00000410. The van der Waals surface area contributed by atoms with Crippen LogP contribution in [0.2, 0.25) is 0 Å². The lowest BCUT2D eigenvalue weighted by atomic mass is 9.89. The van der Waals surface area contributed by atoms with Crippen molar-refractivity contribution < 1.29 is 41.4 Å². The van der Waals surface area contributed by atoms with E-state index in [1.54, 1.807) is 0 Å². The number of halogens is 5. The quantitative estimate of drug-likeness (QED) is 0.0408. The number of unbranched alkanes of at least 4 members (excludes halogenated alkanes) is 13. The molecule has 1 aromatic carbocycles. The molecule has 37 heavy (non-hydrogen) atoms. The molecule has 0 amide bonds. The first-order chi connectivity index (χ1) is 17.5. The van der Waals surface area contributed by atoms with Gasteiger partial charge < -0.3 is 9.84 Å². The van der Waals surface area contributed by atoms with Crippen molar-refractivity contribution in [1.82, 2.24) is 0 Å². The highest BCUT2D eigenvalue weighted by Gasteiger charge is 2.28. The van der Waals surface area contributed by atoms with Crippen LogP contribution in [0.5, 0.6) is 5.75 Å². The summed E-state index contributed by atoms with van der Waals surface area (Å²) in [5.74, 6) is -13.4. The molecule has 4 nitrogen and oxygen atoms in total. The standard InChI is InChI=1S/C27H41F5O2.CH2O2/c1-27(2,3)19-17-15-13-11-9-7-5-4-6-8-10-12-14-16-18-20(33)34-26-24(31)22(29)21(28)23(30)25(26)32;2-1-3/h4-19H2,1-3H3;1H,(H,2,3). The minimum Gasteiger partial charge on any atom is -0.483 e. The van der Waals surface area contributed by atoms with Gasteiger partial charge in [-0.05, 0) is 18.3 Å². The molecule has 0 atom stereocenters. The summed E-state index contributed by atoms with van der Waals surface area (Å²) in [4.78, 5) is 20.1. The largest absolute Gasteiger partial charge is 0.483 e. The van der Waals surface area contributed by atoms with Crippen LogP contribution in [0.3, 0.4) is 0 Å². The van der Waals surface area contributed by atoms with Crippen LogP contribution in [0, 0.1) is 34.5 Å². The van der Waals surface area contributed by atoms with Gasteiger partial charge in [-0.3, -0.25) is 9.59 Å². The number of hydrogen-bond donors (Lipinski definition) is 1. The van der Waals surface area contributed by atoms with Gasteiger partial charge >= 0.3 is 5.97 Å². The molecule has 0 aromatic heterocycles. The Morgan fingerprint density at radius 3 is 1.30 bits per heavy atom. The van der Waals surface area contributed by atoms with Crippen molar-refractivity contribution in [2.24, 2.45) is 5.41 Å². The lowest BCUT2D eigenvalue weighted by Gasteiger charge is -2.17. The molecular weight excluding hydrogens is 495 g/mol. The fraction of sp³-hybridized carbons (Fsp3) is 0.714. The smallest absolute Gasteiger partial charge is 0.311 e. The summed E-state index contributed by atoms with van der Waals surface area (Å²) in [7, 11) is 0. The van der Waals surface area contributed by atoms with Crippen LogP contribution in [0.15, 0.2) is 0 Å². The first kappa shape index (κ1) is 34.8. The van der Waals surface area contributed by atoms with Gasteiger partial charge in [0.05, 0.1) is 0 Å². The van der Waals surface area contributed by atoms with Gasteiger partial charge in [0.15, 0.2) is 0 Å². The molecule has 9 heteroatoms. The van der Waals surface area contributed by atoms with Gasteiger partial charge in [0.1, 0.15) is 0 Å². The molecule has 1 rings (SSSR count). The lowest BCUT2D eigenvalue weighted by molar-refractivity contribution is -0.135. The van der Waals surface area contributed by atoms with Gasteiger partial charge in [0, 0.05) is 6.42 Å². The third-order valence-corrected chi connectivity index (χ3v) is 5.94. The first-order valence-electron chi connectivity index (χ1n) is 13.3. The van der Waals surface area contributed by atoms with Crippen LogP contribution < -0.4 is 4.74 Å². The van der Waals surface area contributed by atoms with E-state index >= 15 is 0 Å². The minimum atomic E-state index is -2.28. The molecule has 0 bridgehead atoms. The van der Waals surface area contributed by atoms with Crippen molar-refractivity contribution in [1.29, 1.82) is 0 Å². The van der Waals surface area contributed by atoms with Gasteiger partial charge in [-0.2, -0.15) is 8.78 Å². The third-order valence-electron chi connectivity index (χ3n) is 5.94. The fourth-order valence-corrected chi connectivity index (χ4v) is 3.89. The molecule has 1 N–H and O–H groups in total. The molecule has 214 valence electrons. The van der Waals surface area contributed by atoms with Crippen molar-refractivity contribution in [3.8, 4) is 5.75 Å². The van der Waals surface area contributed by atoms with E-state index in [1.807, 2.05) is 0 Å². The number of hydrogen-bond acceptors (Lipinski definition) is 3. The zero-order valence-corrected chi connectivity index (χ0v) is 22.5. The number of ether oxygens (including phenoxy) is 1. The molecular formula is C28H43F5O4. The zero-order chi connectivity index (χ0) is 28.3. The second-order valence-corrected chi connectivity index (χ2v) is 10.5. The summed E-state index contributed by atoms with van der Waals surface area (Å²) in [5, 5.41) is 6.89. The van der Waals surface area contributed by atoms with Gasteiger partial charge in [-0.1, -0.05) is 104 Å². The highest BCUT2D eigenvalue weighted by molar-refractivity contribution is 5.72. The molecule has 0 aliphatic carbocycles. The molecule has 1 aromatic rings. The number of carbonyl (C=O) groups is 2. The highest BCUT2D eigenvalue weighted by Crippen LogP contribution is 2.29. The van der Waals surface area contributed by atoms with E-state index < -0.39 is 40.8 Å². The SMILES string of the molecule is CC(C)(C)CCCCCCCCCCCCCCCCC(=O)Oc1c(F)c(F)c(F)c(F)c1F.O=CO. The van der Waals surface area contributed by atoms with E-state index in [9.17, 15) is 26.7 Å². The number of carboxylic acid groups (broad SMARTS) is 1. The summed E-state index contributed by atoms with van der Waals surface area (Å²) in [6, 6.07) is 0. The Morgan fingerprint density at radius 2 is 0.946 bits per heavy atom. The van der Waals surface area contributed by atoms with E-state index in [0.29, 0.717) is 11.8 Å². The van der Waals surface area contributed by atoms with Crippen molar-refractivity contribution in [3.05, 3.63) is 29.1 Å². The third kappa shape index (κ3) is 16.3. The predicted octanol–water partition coefficient (Wildman–Crippen LogP) is 9.28.